The number of amides is 2. The zero-order valence-electron chi connectivity index (χ0n) is 28.8. The van der Waals surface area contributed by atoms with Gasteiger partial charge in [0.2, 0.25) is 0 Å². The van der Waals surface area contributed by atoms with Crippen LogP contribution in [0.2, 0.25) is 0 Å². The number of methoxy groups -OCH3 is 1. The van der Waals surface area contributed by atoms with E-state index in [-0.39, 0.29) is 31.2 Å². The van der Waals surface area contributed by atoms with Crippen LogP contribution in [0, 0.1) is 0 Å². The van der Waals surface area contributed by atoms with Crippen molar-refractivity contribution in [3.8, 4) is 0 Å². The fraction of sp³-hybridized carbons (Fsp3) is 0.333. The van der Waals surface area contributed by atoms with Gasteiger partial charge in [0.15, 0.2) is 5.76 Å². The molecule has 1 atom stereocenters. The van der Waals surface area contributed by atoms with Crippen LogP contribution >= 0.6 is 0 Å². The Balaban J connectivity index is 1.41. The Labute approximate surface area is 292 Å². The number of carbonyl (C=O) groups excluding carboxylic acids is 4. The number of piperidine rings is 1. The smallest absolute Gasteiger partial charge is 0.412 e. The number of likely N-dealkylation sites (tertiary alicyclic amines) is 1. The third-order valence-electron chi connectivity index (χ3n) is 8.51. The molecule has 11 heteroatoms. The molecule has 2 amide bonds. The van der Waals surface area contributed by atoms with Crippen molar-refractivity contribution in [3.63, 3.8) is 0 Å². The molecule has 0 saturated carbocycles. The van der Waals surface area contributed by atoms with E-state index in [9.17, 15) is 19.2 Å². The highest BCUT2D eigenvalue weighted by Gasteiger charge is 2.51. The lowest BCUT2D eigenvalue weighted by Gasteiger charge is -2.46. The van der Waals surface area contributed by atoms with Gasteiger partial charge >= 0.3 is 18.0 Å². The van der Waals surface area contributed by atoms with E-state index in [0.29, 0.717) is 31.0 Å². The molecule has 1 saturated heterocycles. The molecule has 1 fully saturated rings. The zero-order valence-corrected chi connectivity index (χ0v) is 28.8. The summed E-state index contributed by atoms with van der Waals surface area (Å²) in [7, 11) is 1.29. The Hall–Kier alpha value is -5.42. The number of benzene rings is 3. The van der Waals surface area contributed by atoms with E-state index in [1.165, 1.54) is 24.3 Å². The summed E-state index contributed by atoms with van der Waals surface area (Å²) in [5.74, 6) is -2.04. The largest absolute Gasteiger partial charge is 0.467 e. The topological polar surface area (TPSA) is 128 Å². The van der Waals surface area contributed by atoms with Crippen molar-refractivity contribution in [1.29, 1.82) is 0 Å². The fourth-order valence-corrected chi connectivity index (χ4v) is 6.12. The van der Waals surface area contributed by atoms with Gasteiger partial charge in [-0.25, -0.2) is 9.59 Å². The highest BCUT2D eigenvalue weighted by molar-refractivity contribution is 6.10. The van der Waals surface area contributed by atoms with Crippen molar-refractivity contribution in [3.05, 3.63) is 120 Å². The predicted octanol–water partition coefficient (Wildman–Crippen LogP) is 6.81. The van der Waals surface area contributed by atoms with Crippen LogP contribution in [-0.4, -0.2) is 66.7 Å². The van der Waals surface area contributed by atoms with E-state index in [2.05, 4.69) is 10.2 Å². The second kappa shape index (κ2) is 15.9. The molecule has 11 nitrogen and oxygen atoms in total. The molecule has 0 spiro atoms. The minimum Gasteiger partial charge on any atom is -0.467 e. The standard InChI is InChI=1S/C39H43N3O8/c1-38(2,3)50-37(46)40-30-17-11-18-31(25-30)42(34(43)33-19-12-24-48-33)39(36(45)47-4)20-22-41(23-21-39)26-32(29-15-9-6-10-16-29)35(44)49-27-28-13-7-5-8-14-28/h5-19,24-25,32H,20-23,26-27H2,1-4H3,(H,40,46). The number of furan rings is 1. The number of esters is 2. The maximum atomic E-state index is 14.2. The molecule has 0 bridgehead atoms. The van der Waals surface area contributed by atoms with Gasteiger partial charge in [-0.3, -0.25) is 19.8 Å². The lowest BCUT2D eigenvalue weighted by Crippen LogP contribution is -2.63. The van der Waals surface area contributed by atoms with E-state index < -0.39 is 35.0 Å². The Morgan fingerprint density at radius 3 is 2.20 bits per heavy atom. The number of carbonyl (C=O) groups is 4. The minimum absolute atomic E-state index is 0.0338. The van der Waals surface area contributed by atoms with Crippen LogP contribution < -0.4 is 10.2 Å². The summed E-state index contributed by atoms with van der Waals surface area (Å²) < 4.78 is 22.1. The molecule has 1 aliphatic heterocycles. The van der Waals surface area contributed by atoms with Gasteiger partial charge in [0.25, 0.3) is 5.91 Å². The number of rotatable bonds is 11. The Morgan fingerprint density at radius 1 is 0.900 bits per heavy atom. The van der Waals surface area contributed by atoms with Crippen LogP contribution in [0.3, 0.4) is 0 Å². The first-order valence-electron chi connectivity index (χ1n) is 16.5. The average molecular weight is 682 g/mol. The van der Waals surface area contributed by atoms with Gasteiger partial charge in [0.1, 0.15) is 17.7 Å². The minimum atomic E-state index is -1.43. The molecule has 2 heterocycles. The quantitative estimate of drug-likeness (QED) is 0.134. The Morgan fingerprint density at radius 2 is 1.58 bits per heavy atom. The van der Waals surface area contributed by atoms with Gasteiger partial charge in [0.05, 0.1) is 19.3 Å². The molecule has 1 N–H and O–H groups in total. The lowest BCUT2D eigenvalue weighted by atomic mass is 9.84. The molecular weight excluding hydrogens is 638 g/mol. The Bertz CT molecular complexity index is 1740. The van der Waals surface area contributed by atoms with Crippen molar-refractivity contribution in [2.45, 2.75) is 57.3 Å². The van der Waals surface area contributed by atoms with Crippen molar-refractivity contribution >= 4 is 35.3 Å². The second-order valence-corrected chi connectivity index (χ2v) is 13.2. The van der Waals surface area contributed by atoms with E-state index in [1.807, 2.05) is 60.7 Å². The number of nitrogens with zero attached hydrogens (tertiary/aromatic N) is 2. The second-order valence-electron chi connectivity index (χ2n) is 13.2. The number of hydrogen-bond donors (Lipinski definition) is 1. The van der Waals surface area contributed by atoms with Crippen molar-refractivity contribution < 1.29 is 37.8 Å². The molecule has 1 unspecified atom stereocenters. The summed E-state index contributed by atoms with van der Waals surface area (Å²) in [5.41, 5.74) is 0.274. The average Bonchev–Trinajstić information content (AvgIpc) is 3.66. The number of hydrogen-bond acceptors (Lipinski definition) is 9. The van der Waals surface area contributed by atoms with Crippen LogP contribution in [0.1, 0.15) is 61.2 Å². The first-order valence-corrected chi connectivity index (χ1v) is 16.5. The zero-order chi connectivity index (χ0) is 35.7. The monoisotopic (exact) mass is 681 g/mol. The van der Waals surface area contributed by atoms with E-state index in [0.717, 1.165) is 11.1 Å². The maximum absolute atomic E-state index is 14.2. The SMILES string of the molecule is COC(=O)C1(N(C(=O)c2ccco2)c2cccc(NC(=O)OC(C)(C)C)c2)CCN(CC(C(=O)OCc2ccccc2)c2ccccc2)CC1. The normalized spacial score (nSPS) is 15.0. The van der Waals surface area contributed by atoms with Gasteiger partial charge in [0, 0.05) is 31.0 Å². The third kappa shape index (κ3) is 8.78. The van der Waals surface area contributed by atoms with Gasteiger partial charge in [-0.2, -0.15) is 0 Å². The maximum Gasteiger partial charge on any atom is 0.412 e. The molecule has 5 rings (SSSR count). The fourth-order valence-electron chi connectivity index (χ4n) is 6.12. The highest BCUT2D eigenvalue weighted by atomic mass is 16.6. The summed E-state index contributed by atoms with van der Waals surface area (Å²) in [6.45, 7) is 6.50. The molecular formula is C39H43N3O8. The third-order valence-corrected chi connectivity index (χ3v) is 8.51. The molecule has 0 aliphatic carbocycles. The Kier molecular flexibility index (Phi) is 11.4. The van der Waals surface area contributed by atoms with Crippen molar-refractivity contribution in [1.82, 2.24) is 4.90 Å². The van der Waals surface area contributed by atoms with Crippen LogP contribution in [0.15, 0.2) is 108 Å². The molecule has 0 radical (unpaired) electrons. The first-order chi connectivity index (χ1) is 24.0. The lowest BCUT2D eigenvalue weighted by molar-refractivity contribution is -0.150. The summed E-state index contributed by atoms with van der Waals surface area (Å²) in [6, 6.07) is 28.7. The predicted molar refractivity (Wildman–Crippen MR) is 188 cm³/mol. The van der Waals surface area contributed by atoms with Gasteiger partial charge in [-0.1, -0.05) is 66.7 Å². The van der Waals surface area contributed by atoms with Crippen LogP contribution in [-0.2, 0) is 30.4 Å². The van der Waals surface area contributed by atoms with Gasteiger partial charge in [-0.15, -0.1) is 0 Å². The molecule has 3 aromatic carbocycles. The molecule has 4 aromatic rings. The molecule has 1 aromatic heterocycles. The van der Waals surface area contributed by atoms with Crippen molar-refractivity contribution in [2.24, 2.45) is 0 Å². The van der Waals surface area contributed by atoms with Gasteiger partial charge in [-0.05, 0) is 75.1 Å². The summed E-state index contributed by atoms with van der Waals surface area (Å²) >= 11 is 0. The highest BCUT2D eigenvalue weighted by Crippen LogP contribution is 2.38. The van der Waals surface area contributed by atoms with Crippen LogP contribution in [0.25, 0.3) is 0 Å². The number of ether oxygens (including phenoxy) is 3. The van der Waals surface area contributed by atoms with E-state index in [1.54, 1.807) is 51.1 Å². The summed E-state index contributed by atoms with van der Waals surface area (Å²) in [5, 5.41) is 2.71. The number of anilines is 2. The van der Waals surface area contributed by atoms with Crippen LogP contribution in [0.5, 0.6) is 0 Å². The van der Waals surface area contributed by atoms with E-state index >= 15 is 0 Å². The first kappa shape index (κ1) is 35.9. The van der Waals surface area contributed by atoms with E-state index in [4.69, 9.17) is 18.6 Å². The molecule has 1 aliphatic rings. The van der Waals surface area contributed by atoms with Crippen molar-refractivity contribution in [2.75, 3.05) is 37.0 Å². The number of nitrogens with one attached hydrogen (secondary N) is 1. The molecule has 50 heavy (non-hydrogen) atoms. The van der Waals surface area contributed by atoms with Crippen LogP contribution in [0.4, 0.5) is 16.2 Å². The van der Waals surface area contributed by atoms with Gasteiger partial charge < -0.3 is 23.5 Å². The summed E-state index contributed by atoms with van der Waals surface area (Å²) in [4.78, 5) is 57.7. The summed E-state index contributed by atoms with van der Waals surface area (Å²) in [6.07, 6.45) is 1.11. The molecule has 262 valence electrons.